The van der Waals surface area contributed by atoms with E-state index in [0.29, 0.717) is 24.3 Å². The van der Waals surface area contributed by atoms with Gasteiger partial charge in [-0.2, -0.15) is 0 Å². The van der Waals surface area contributed by atoms with Gasteiger partial charge in [0.05, 0.1) is 11.5 Å². The summed E-state index contributed by atoms with van der Waals surface area (Å²) in [5.74, 6) is 0. The van der Waals surface area contributed by atoms with Gasteiger partial charge in [-0.25, -0.2) is 13.6 Å². The van der Waals surface area contributed by atoms with E-state index in [2.05, 4.69) is 5.32 Å². The van der Waals surface area contributed by atoms with Gasteiger partial charge in [0.15, 0.2) is 0 Å². The lowest BCUT2D eigenvalue weighted by molar-refractivity contribution is 0.0382. The highest BCUT2D eigenvalue weighted by Crippen LogP contribution is 2.27. The van der Waals surface area contributed by atoms with E-state index in [1.54, 1.807) is 13.0 Å². The monoisotopic (exact) mass is 301 g/mol. The van der Waals surface area contributed by atoms with Crippen LogP contribution in [0.3, 0.4) is 0 Å². The number of hydrogen-bond donors (Lipinski definition) is 4. The van der Waals surface area contributed by atoms with Gasteiger partial charge in [0.1, 0.15) is 5.60 Å². The summed E-state index contributed by atoms with van der Waals surface area (Å²) in [5, 5.41) is 18.4. The van der Waals surface area contributed by atoms with Gasteiger partial charge in [0.25, 0.3) is 0 Å². The van der Waals surface area contributed by atoms with Gasteiger partial charge in [-0.1, -0.05) is 0 Å². The molecule has 8 heteroatoms. The smallest absolute Gasteiger partial charge is 0.238 e. The summed E-state index contributed by atoms with van der Waals surface area (Å²) >= 11 is 0. The molecular formula is C12H19N3O4S. The fourth-order valence-corrected chi connectivity index (χ4v) is 3.02. The Hall–Kier alpha value is -1.35. The van der Waals surface area contributed by atoms with E-state index in [0.717, 1.165) is 0 Å². The van der Waals surface area contributed by atoms with Crippen LogP contribution >= 0.6 is 0 Å². The number of benzene rings is 1. The van der Waals surface area contributed by atoms with E-state index in [1.807, 2.05) is 0 Å². The summed E-state index contributed by atoms with van der Waals surface area (Å²) in [6.07, 6.45) is 0.531. The van der Waals surface area contributed by atoms with E-state index in [1.165, 1.54) is 6.07 Å². The number of rotatable bonds is 4. The number of primary sulfonamides is 1. The summed E-state index contributed by atoms with van der Waals surface area (Å²) in [7, 11) is -3.84. The zero-order chi connectivity index (χ0) is 15.0. The lowest BCUT2D eigenvalue weighted by Crippen LogP contribution is -2.37. The largest absolute Gasteiger partial charge is 0.399 e. The molecule has 1 aliphatic heterocycles. The fraction of sp³-hybridized carbons (Fsp3) is 0.500. The first-order valence-electron chi connectivity index (χ1n) is 6.18. The van der Waals surface area contributed by atoms with Crippen molar-refractivity contribution in [2.75, 3.05) is 30.8 Å². The summed E-state index contributed by atoms with van der Waals surface area (Å²) in [6.45, 7) is 2.65. The molecule has 0 aliphatic carbocycles. The number of nitrogens with one attached hydrogen (secondary N) is 1. The van der Waals surface area contributed by atoms with Gasteiger partial charge in [-0.05, 0) is 24.6 Å². The molecule has 1 saturated heterocycles. The Bertz CT molecular complexity index is 609. The molecule has 1 atom stereocenters. The molecule has 1 fully saturated rings. The topological polar surface area (TPSA) is 128 Å². The van der Waals surface area contributed by atoms with E-state index in [9.17, 15) is 13.5 Å². The molecule has 0 amide bonds. The normalized spacial score (nSPS) is 22.9. The first-order valence-corrected chi connectivity index (χ1v) is 7.73. The Morgan fingerprint density at radius 3 is 2.75 bits per heavy atom. The predicted molar refractivity (Wildman–Crippen MR) is 75.8 cm³/mol. The van der Waals surface area contributed by atoms with Crippen molar-refractivity contribution in [3.05, 3.63) is 17.7 Å². The van der Waals surface area contributed by atoms with E-state index in [4.69, 9.17) is 15.6 Å². The molecule has 0 aromatic heterocycles. The highest BCUT2D eigenvalue weighted by molar-refractivity contribution is 7.89. The molecule has 2 rings (SSSR count). The molecular weight excluding hydrogens is 282 g/mol. The molecule has 7 nitrogen and oxygen atoms in total. The zero-order valence-electron chi connectivity index (χ0n) is 11.2. The van der Waals surface area contributed by atoms with Gasteiger partial charge >= 0.3 is 0 Å². The Morgan fingerprint density at radius 1 is 1.50 bits per heavy atom. The standard InChI is InChI=1S/C12H19N3O4S/c1-8-10(15-6-12(16)2-3-19-7-12)4-9(13)5-11(8)20(14,17)18/h4-5,15-16H,2-3,6-7,13H2,1H3,(H2,14,17,18). The third-order valence-corrected chi connectivity index (χ3v) is 4.42. The molecule has 1 aromatic rings. The van der Waals surface area contributed by atoms with Gasteiger partial charge < -0.3 is 20.9 Å². The van der Waals surface area contributed by atoms with E-state index < -0.39 is 15.6 Å². The Kier molecular flexibility index (Phi) is 3.92. The first kappa shape index (κ1) is 15.0. The van der Waals surface area contributed by atoms with E-state index >= 15 is 0 Å². The summed E-state index contributed by atoms with van der Waals surface area (Å²) in [4.78, 5) is -0.0188. The molecule has 0 radical (unpaired) electrons. The van der Waals surface area contributed by atoms with Crippen LogP contribution in [0.2, 0.25) is 0 Å². The van der Waals surface area contributed by atoms with Crippen LogP contribution in [-0.2, 0) is 14.8 Å². The van der Waals surface area contributed by atoms with Crippen LogP contribution in [0.1, 0.15) is 12.0 Å². The first-order chi connectivity index (χ1) is 9.21. The second-order valence-corrected chi connectivity index (χ2v) is 6.65. The molecule has 0 bridgehead atoms. The summed E-state index contributed by atoms with van der Waals surface area (Å²) in [6, 6.07) is 2.94. The molecule has 1 aromatic carbocycles. The van der Waals surface area contributed by atoms with Gasteiger partial charge in [-0.3, -0.25) is 0 Å². The van der Waals surface area contributed by atoms with Crippen molar-refractivity contribution in [1.29, 1.82) is 0 Å². The molecule has 1 heterocycles. The van der Waals surface area contributed by atoms with Gasteiger partial charge in [-0.15, -0.1) is 0 Å². The molecule has 0 spiro atoms. The number of sulfonamides is 1. The average molecular weight is 301 g/mol. The van der Waals surface area contributed by atoms with Gasteiger partial charge in [0.2, 0.25) is 10.0 Å². The number of hydrogen-bond acceptors (Lipinski definition) is 6. The van der Waals surface area contributed by atoms with Crippen molar-refractivity contribution >= 4 is 21.4 Å². The van der Waals surface area contributed by atoms with Crippen molar-refractivity contribution in [2.24, 2.45) is 5.14 Å². The number of anilines is 2. The highest BCUT2D eigenvalue weighted by atomic mass is 32.2. The number of ether oxygens (including phenoxy) is 1. The highest BCUT2D eigenvalue weighted by Gasteiger charge is 2.32. The van der Waals surface area contributed by atoms with Crippen LogP contribution in [0.5, 0.6) is 0 Å². The molecule has 6 N–H and O–H groups in total. The molecule has 112 valence electrons. The number of nitrogens with two attached hydrogens (primary N) is 2. The Morgan fingerprint density at radius 2 is 2.20 bits per heavy atom. The van der Waals surface area contributed by atoms with Crippen LogP contribution in [0.25, 0.3) is 0 Å². The summed E-state index contributed by atoms with van der Waals surface area (Å²) < 4.78 is 28.2. The minimum atomic E-state index is -3.84. The zero-order valence-corrected chi connectivity index (χ0v) is 12.0. The molecule has 1 aliphatic rings. The van der Waals surface area contributed by atoms with Crippen molar-refractivity contribution in [3.8, 4) is 0 Å². The van der Waals surface area contributed by atoms with Crippen LogP contribution < -0.4 is 16.2 Å². The molecule has 0 saturated carbocycles. The van der Waals surface area contributed by atoms with Crippen molar-refractivity contribution < 1.29 is 18.3 Å². The molecule has 1 unspecified atom stereocenters. The Labute approximate surface area is 118 Å². The number of nitrogen functional groups attached to an aromatic ring is 1. The second-order valence-electron chi connectivity index (χ2n) is 5.12. The summed E-state index contributed by atoms with van der Waals surface area (Å²) in [5.41, 5.74) is 6.05. The van der Waals surface area contributed by atoms with Gasteiger partial charge in [0, 0.05) is 30.9 Å². The SMILES string of the molecule is Cc1c(NCC2(O)CCOC2)cc(N)cc1S(N)(=O)=O. The maximum Gasteiger partial charge on any atom is 0.238 e. The van der Waals surface area contributed by atoms with Crippen molar-refractivity contribution in [1.82, 2.24) is 0 Å². The maximum atomic E-state index is 11.5. The van der Waals surface area contributed by atoms with Crippen molar-refractivity contribution in [3.63, 3.8) is 0 Å². The van der Waals surface area contributed by atoms with Crippen molar-refractivity contribution in [2.45, 2.75) is 23.8 Å². The maximum absolute atomic E-state index is 11.5. The lowest BCUT2D eigenvalue weighted by atomic mass is 10.0. The average Bonchev–Trinajstić information content (AvgIpc) is 2.76. The van der Waals surface area contributed by atoms with Crippen LogP contribution in [-0.4, -0.2) is 38.9 Å². The van der Waals surface area contributed by atoms with Crippen LogP contribution in [0.4, 0.5) is 11.4 Å². The third-order valence-electron chi connectivity index (χ3n) is 3.38. The minimum Gasteiger partial charge on any atom is -0.399 e. The second kappa shape index (κ2) is 5.21. The molecule has 20 heavy (non-hydrogen) atoms. The van der Waals surface area contributed by atoms with E-state index in [-0.39, 0.29) is 23.7 Å². The van der Waals surface area contributed by atoms with Crippen LogP contribution in [0, 0.1) is 6.92 Å². The Balaban J connectivity index is 2.26. The predicted octanol–water partition coefficient (Wildman–Crippen LogP) is -0.212. The van der Waals surface area contributed by atoms with Crippen LogP contribution in [0.15, 0.2) is 17.0 Å². The quantitative estimate of drug-likeness (QED) is 0.570. The lowest BCUT2D eigenvalue weighted by Gasteiger charge is -2.22. The number of aliphatic hydroxyl groups is 1. The minimum absolute atomic E-state index is 0.0188. The third kappa shape index (κ3) is 3.21. The fourth-order valence-electron chi connectivity index (χ4n) is 2.18.